The van der Waals surface area contributed by atoms with Crippen LogP contribution in [0, 0.1) is 5.92 Å². The minimum absolute atomic E-state index is 0.228. The first-order valence-corrected chi connectivity index (χ1v) is 4.85. The number of hydrogen-bond acceptors (Lipinski definition) is 5. The quantitative estimate of drug-likeness (QED) is 0.361. The van der Waals surface area contributed by atoms with Gasteiger partial charge in [-0.15, -0.1) is 0 Å². The van der Waals surface area contributed by atoms with Crippen molar-refractivity contribution in [2.75, 3.05) is 0 Å². The van der Waals surface area contributed by atoms with E-state index in [0.29, 0.717) is 6.42 Å². The van der Waals surface area contributed by atoms with E-state index in [9.17, 15) is 4.79 Å². The molecule has 0 unspecified atom stereocenters. The SMILES string of the molecule is CCCC[C@H](CC)C(=O)OOB(O)O. The van der Waals surface area contributed by atoms with Gasteiger partial charge >= 0.3 is 13.3 Å². The third-order valence-corrected chi connectivity index (χ3v) is 1.95. The molecule has 2 N–H and O–H groups in total. The standard InChI is InChI=1S/C8H17BO5/c1-3-5-6-7(4-2)8(10)13-14-9(11)12/h7,11-12H,3-6H2,1-2H3/t7-/m0/s1. The molecule has 0 aliphatic carbocycles. The van der Waals surface area contributed by atoms with Crippen molar-refractivity contribution in [2.45, 2.75) is 39.5 Å². The molecule has 0 saturated carbocycles. The van der Waals surface area contributed by atoms with Crippen LogP contribution in [0.1, 0.15) is 39.5 Å². The van der Waals surface area contributed by atoms with Gasteiger partial charge in [0.2, 0.25) is 0 Å². The summed E-state index contributed by atoms with van der Waals surface area (Å²) >= 11 is 0. The average Bonchev–Trinajstić information content (AvgIpc) is 2.16. The maximum atomic E-state index is 11.2. The van der Waals surface area contributed by atoms with Gasteiger partial charge in [0.25, 0.3) is 0 Å². The zero-order valence-corrected chi connectivity index (χ0v) is 8.60. The second-order valence-corrected chi connectivity index (χ2v) is 3.07. The molecule has 0 saturated heterocycles. The Bertz CT molecular complexity index is 162. The molecule has 5 nitrogen and oxygen atoms in total. The monoisotopic (exact) mass is 204 g/mol. The van der Waals surface area contributed by atoms with E-state index in [4.69, 9.17) is 10.0 Å². The molecule has 0 heterocycles. The molecule has 0 radical (unpaired) electrons. The highest BCUT2D eigenvalue weighted by Gasteiger charge is 2.21. The molecule has 0 aliphatic rings. The van der Waals surface area contributed by atoms with E-state index in [1.54, 1.807) is 0 Å². The first-order valence-electron chi connectivity index (χ1n) is 4.85. The van der Waals surface area contributed by atoms with Crippen LogP contribution in [-0.4, -0.2) is 23.3 Å². The number of carbonyl (C=O) groups excluding carboxylic acids is 1. The number of hydrogen-bond donors (Lipinski definition) is 2. The molecule has 1 atom stereocenters. The van der Waals surface area contributed by atoms with Crippen molar-refractivity contribution in [3.05, 3.63) is 0 Å². The van der Waals surface area contributed by atoms with Crippen molar-refractivity contribution >= 4 is 13.3 Å². The van der Waals surface area contributed by atoms with Gasteiger partial charge in [0.05, 0.1) is 5.92 Å². The lowest BCUT2D eigenvalue weighted by molar-refractivity contribution is -0.234. The first kappa shape index (κ1) is 13.4. The molecule has 0 rings (SSSR count). The number of unbranched alkanes of at least 4 members (excludes halogenated alkanes) is 1. The van der Waals surface area contributed by atoms with E-state index in [-0.39, 0.29) is 5.92 Å². The minimum Gasteiger partial charge on any atom is -0.400 e. The highest BCUT2D eigenvalue weighted by Crippen LogP contribution is 2.14. The van der Waals surface area contributed by atoms with Crippen LogP contribution in [0.3, 0.4) is 0 Å². The zero-order valence-electron chi connectivity index (χ0n) is 8.60. The molecule has 0 aromatic heterocycles. The molecule has 6 heteroatoms. The van der Waals surface area contributed by atoms with Gasteiger partial charge in [-0.3, -0.25) is 0 Å². The van der Waals surface area contributed by atoms with Gasteiger partial charge in [0.15, 0.2) is 0 Å². The normalized spacial score (nSPS) is 12.3. The summed E-state index contributed by atoms with van der Waals surface area (Å²) in [7, 11) is -2.07. The predicted molar refractivity (Wildman–Crippen MR) is 50.7 cm³/mol. The van der Waals surface area contributed by atoms with Crippen LogP contribution in [0.15, 0.2) is 0 Å². The molecular weight excluding hydrogens is 187 g/mol. The molecule has 0 aromatic carbocycles. The summed E-state index contributed by atoms with van der Waals surface area (Å²) in [5.74, 6) is -0.775. The first-order chi connectivity index (χ1) is 6.61. The molecule has 0 aliphatic heterocycles. The lowest BCUT2D eigenvalue weighted by Gasteiger charge is -2.11. The van der Waals surface area contributed by atoms with E-state index < -0.39 is 13.3 Å². The summed E-state index contributed by atoms with van der Waals surface area (Å²) in [4.78, 5) is 19.4. The smallest absolute Gasteiger partial charge is 0.400 e. The molecule has 0 spiro atoms. The molecule has 0 amide bonds. The summed E-state index contributed by atoms with van der Waals surface area (Å²) < 4.78 is 0. The lowest BCUT2D eigenvalue weighted by atomic mass is 10.00. The van der Waals surface area contributed by atoms with Gasteiger partial charge in [0.1, 0.15) is 0 Å². The second-order valence-electron chi connectivity index (χ2n) is 3.07. The summed E-state index contributed by atoms with van der Waals surface area (Å²) in [6, 6.07) is 0. The molecule has 0 fully saturated rings. The van der Waals surface area contributed by atoms with Gasteiger partial charge in [-0.2, -0.15) is 4.81 Å². The Balaban J connectivity index is 3.79. The van der Waals surface area contributed by atoms with E-state index in [1.807, 2.05) is 13.8 Å². The van der Waals surface area contributed by atoms with Gasteiger partial charge < -0.3 is 14.9 Å². The Morgan fingerprint density at radius 2 is 2.07 bits per heavy atom. The number of rotatable bonds is 7. The van der Waals surface area contributed by atoms with Crippen LogP contribution in [-0.2, 0) is 14.5 Å². The highest BCUT2D eigenvalue weighted by atomic mass is 17.2. The fraction of sp³-hybridized carbons (Fsp3) is 0.875. The van der Waals surface area contributed by atoms with Gasteiger partial charge in [-0.1, -0.05) is 26.7 Å². The van der Waals surface area contributed by atoms with Gasteiger partial charge in [-0.05, 0) is 12.8 Å². The van der Waals surface area contributed by atoms with Crippen LogP contribution in [0.4, 0.5) is 0 Å². The van der Waals surface area contributed by atoms with Crippen LogP contribution >= 0.6 is 0 Å². The molecule has 14 heavy (non-hydrogen) atoms. The topological polar surface area (TPSA) is 76.0 Å². The van der Waals surface area contributed by atoms with E-state index >= 15 is 0 Å². The summed E-state index contributed by atoms with van der Waals surface area (Å²) in [5.41, 5.74) is 0. The van der Waals surface area contributed by atoms with Gasteiger partial charge in [-0.25, -0.2) is 4.79 Å². The third kappa shape index (κ3) is 5.96. The van der Waals surface area contributed by atoms with Crippen molar-refractivity contribution < 1.29 is 24.5 Å². The fourth-order valence-corrected chi connectivity index (χ4v) is 1.10. The van der Waals surface area contributed by atoms with Crippen molar-refractivity contribution in [1.29, 1.82) is 0 Å². The summed E-state index contributed by atoms with van der Waals surface area (Å²) in [6.45, 7) is 3.91. The molecule has 0 bridgehead atoms. The third-order valence-electron chi connectivity index (χ3n) is 1.95. The molecule has 82 valence electrons. The minimum atomic E-state index is -2.07. The lowest BCUT2D eigenvalue weighted by Crippen LogP contribution is -2.24. The largest absolute Gasteiger partial charge is 0.673 e. The number of carbonyl (C=O) groups is 1. The maximum absolute atomic E-state index is 11.2. The fourth-order valence-electron chi connectivity index (χ4n) is 1.10. The average molecular weight is 204 g/mol. The highest BCUT2D eigenvalue weighted by molar-refractivity contribution is 6.32. The van der Waals surface area contributed by atoms with Crippen LogP contribution in [0.2, 0.25) is 0 Å². The van der Waals surface area contributed by atoms with Crippen molar-refractivity contribution in [2.24, 2.45) is 5.92 Å². The van der Waals surface area contributed by atoms with Crippen LogP contribution in [0.5, 0.6) is 0 Å². The van der Waals surface area contributed by atoms with Crippen molar-refractivity contribution in [3.63, 3.8) is 0 Å². The Morgan fingerprint density at radius 3 is 2.50 bits per heavy atom. The van der Waals surface area contributed by atoms with Crippen LogP contribution in [0.25, 0.3) is 0 Å². The van der Waals surface area contributed by atoms with Crippen molar-refractivity contribution in [3.8, 4) is 0 Å². The van der Waals surface area contributed by atoms with E-state index in [1.165, 1.54) is 0 Å². The Morgan fingerprint density at radius 1 is 1.43 bits per heavy atom. The van der Waals surface area contributed by atoms with E-state index in [0.717, 1.165) is 19.3 Å². The predicted octanol–water partition coefficient (Wildman–Crippen LogP) is 0.647. The summed E-state index contributed by atoms with van der Waals surface area (Å²) in [5, 5.41) is 16.6. The second kappa shape index (κ2) is 7.79. The maximum Gasteiger partial charge on any atom is 0.673 e. The molecular formula is C8H17BO5. The van der Waals surface area contributed by atoms with E-state index in [2.05, 4.69) is 9.69 Å². The van der Waals surface area contributed by atoms with Gasteiger partial charge in [0, 0.05) is 0 Å². The Kier molecular flexibility index (Phi) is 7.46. The van der Waals surface area contributed by atoms with Crippen molar-refractivity contribution in [1.82, 2.24) is 0 Å². The summed E-state index contributed by atoms with van der Waals surface area (Å²) in [6.07, 6.45) is 3.34. The molecule has 0 aromatic rings. The zero-order chi connectivity index (χ0) is 11.0. The van der Waals surface area contributed by atoms with Crippen LogP contribution < -0.4 is 0 Å². The Hall–Kier alpha value is -0.585. The Labute approximate surface area is 84.1 Å².